The van der Waals surface area contributed by atoms with E-state index in [-0.39, 0.29) is 11.4 Å². The summed E-state index contributed by atoms with van der Waals surface area (Å²) in [6.45, 7) is 2.37. The van der Waals surface area contributed by atoms with Crippen LogP contribution in [0.2, 0.25) is 0 Å². The summed E-state index contributed by atoms with van der Waals surface area (Å²) in [4.78, 5) is 0.288. The summed E-state index contributed by atoms with van der Waals surface area (Å²) in [6, 6.07) is 14.7. The highest BCUT2D eigenvalue weighted by Crippen LogP contribution is 2.17. The van der Waals surface area contributed by atoms with Gasteiger partial charge in [0, 0.05) is 13.1 Å². The molecule has 0 fully saturated rings. The number of hydrogen-bond acceptors (Lipinski definition) is 3. The maximum absolute atomic E-state index is 12.3. The summed E-state index contributed by atoms with van der Waals surface area (Å²) in [5.41, 5.74) is 7.99. The number of nitrogens with one attached hydrogen (secondary N) is 1. The van der Waals surface area contributed by atoms with Crippen molar-refractivity contribution in [3.63, 3.8) is 0 Å². The highest BCUT2D eigenvalue weighted by molar-refractivity contribution is 7.89. The fourth-order valence-electron chi connectivity index (χ4n) is 1.91. The van der Waals surface area contributed by atoms with Gasteiger partial charge in [-0.2, -0.15) is 0 Å². The molecule has 0 heterocycles. The number of nitrogens with two attached hydrogens (primary N) is 1. The van der Waals surface area contributed by atoms with Crippen LogP contribution in [0.3, 0.4) is 0 Å². The van der Waals surface area contributed by atoms with Gasteiger partial charge in [0.05, 0.1) is 4.90 Å². The van der Waals surface area contributed by atoms with Crippen LogP contribution in [0.5, 0.6) is 0 Å². The number of aryl methyl sites for hydroxylation is 1. The van der Waals surface area contributed by atoms with Crippen LogP contribution < -0.4 is 10.5 Å². The van der Waals surface area contributed by atoms with Gasteiger partial charge < -0.3 is 5.73 Å². The minimum atomic E-state index is -3.53. The van der Waals surface area contributed by atoms with Crippen LogP contribution >= 0.6 is 0 Å². The van der Waals surface area contributed by atoms with E-state index >= 15 is 0 Å². The van der Waals surface area contributed by atoms with E-state index in [1.54, 1.807) is 19.1 Å². The molecule has 0 aromatic heterocycles. The second-order valence-electron chi connectivity index (χ2n) is 4.61. The zero-order valence-corrected chi connectivity index (χ0v) is 12.2. The first kappa shape index (κ1) is 14.7. The summed E-state index contributed by atoms with van der Waals surface area (Å²) < 4.78 is 27.3. The molecule has 4 nitrogen and oxygen atoms in total. The molecule has 0 saturated carbocycles. The number of hydrogen-bond donors (Lipinski definition) is 2. The topological polar surface area (TPSA) is 72.2 Å². The predicted molar refractivity (Wildman–Crippen MR) is 79.5 cm³/mol. The molecule has 0 radical (unpaired) electrons. The Morgan fingerprint density at radius 1 is 1.05 bits per heavy atom. The lowest BCUT2D eigenvalue weighted by Gasteiger charge is -2.10. The van der Waals surface area contributed by atoms with Crippen molar-refractivity contribution in [2.75, 3.05) is 0 Å². The van der Waals surface area contributed by atoms with Crippen molar-refractivity contribution in [2.45, 2.75) is 24.9 Å². The van der Waals surface area contributed by atoms with Crippen LogP contribution in [0.25, 0.3) is 0 Å². The standard InChI is InChI=1S/C15H18N2O2S/c1-12-7-8-14(10-16)9-15(12)20(18,19)17-11-13-5-3-2-4-6-13/h2-9,17H,10-11,16H2,1H3. The molecule has 2 rings (SSSR count). The highest BCUT2D eigenvalue weighted by atomic mass is 32.2. The maximum atomic E-state index is 12.3. The first-order chi connectivity index (χ1) is 9.53. The van der Waals surface area contributed by atoms with E-state index in [4.69, 9.17) is 5.73 Å². The third-order valence-corrected chi connectivity index (χ3v) is 4.63. The monoisotopic (exact) mass is 290 g/mol. The Morgan fingerprint density at radius 3 is 2.40 bits per heavy atom. The minimum absolute atomic E-state index is 0.273. The first-order valence-corrected chi connectivity index (χ1v) is 7.84. The maximum Gasteiger partial charge on any atom is 0.241 e. The SMILES string of the molecule is Cc1ccc(CN)cc1S(=O)(=O)NCc1ccccc1. The number of rotatable bonds is 5. The molecular formula is C15H18N2O2S. The van der Waals surface area contributed by atoms with E-state index < -0.39 is 10.0 Å². The Kier molecular flexibility index (Phi) is 4.54. The highest BCUT2D eigenvalue weighted by Gasteiger charge is 2.16. The summed E-state index contributed by atoms with van der Waals surface area (Å²) in [7, 11) is -3.53. The number of sulfonamides is 1. The van der Waals surface area contributed by atoms with Crippen molar-refractivity contribution >= 4 is 10.0 Å². The second-order valence-corrected chi connectivity index (χ2v) is 6.35. The zero-order chi connectivity index (χ0) is 14.6. The van der Waals surface area contributed by atoms with Crippen molar-refractivity contribution in [3.05, 3.63) is 65.2 Å². The van der Waals surface area contributed by atoms with Gasteiger partial charge in [-0.15, -0.1) is 0 Å². The molecule has 0 aliphatic heterocycles. The Hall–Kier alpha value is -1.69. The molecule has 5 heteroatoms. The first-order valence-electron chi connectivity index (χ1n) is 6.36. The van der Waals surface area contributed by atoms with Crippen molar-refractivity contribution in [1.82, 2.24) is 4.72 Å². The third-order valence-electron chi connectivity index (χ3n) is 3.09. The van der Waals surface area contributed by atoms with Gasteiger partial charge in [0.1, 0.15) is 0 Å². The fourth-order valence-corrected chi connectivity index (χ4v) is 3.22. The average Bonchev–Trinajstić information content (AvgIpc) is 2.47. The molecule has 0 amide bonds. The van der Waals surface area contributed by atoms with E-state index in [2.05, 4.69) is 4.72 Å². The van der Waals surface area contributed by atoms with Gasteiger partial charge in [0.2, 0.25) is 10.0 Å². The third kappa shape index (κ3) is 3.45. The van der Waals surface area contributed by atoms with E-state index in [1.165, 1.54) is 0 Å². The van der Waals surface area contributed by atoms with Gasteiger partial charge in [-0.05, 0) is 29.7 Å². The van der Waals surface area contributed by atoms with Crippen molar-refractivity contribution in [3.8, 4) is 0 Å². The van der Waals surface area contributed by atoms with Crippen LogP contribution in [0.4, 0.5) is 0 Å². The van der Waals surface area contributed by atoms with Gasteiger partial charge in [-0.1, -0.05) is 42.5 Å². The molecule has 2 aromatic rings. The van der Waals surface area contributed by atoms with Gasteiger partial charge in [0.25, 0.3) is 0 Å². The lowest BCUT2D eigenvalue weighted by atomic mass is 10.1. The van der Waals surface area contributed by atoms with Gasteiger partial charge in [-0.3, -0.25) is 0 Å². The van der Waals surface area contributed by atoms with E-state index in [0.29, 0.717) is 12.1 Å². The molecule has 0 atom stereocenters. The molecule has 3 N–H and O–H groups in total. The summed E-state index contributed by atoms with van der Waals surface area (Å²) in [5.74, 6) is 0. The van der Waals surface area contributed by atoms with Gasteiger partial charge in [0.15, 0.2) is 0 Å². The lowest BCUT2D eigenvalue weighted by Crippen LogP contribution is -2.24. The molecule has 0 spiro atoms. The van der Waals surface area contributed by atoms with Crippen molar-refractivity contribution < 1.29 is 8.42 Å². The molecule has 0 aliphatic rings. The minimum Gasteiger partial charge on any atom is -0.326 e. The summed E-state index contributed by atoms with van der Waals surface area (Å²) >= 11 is 0. The quantitative estimate of drug-likeness (QED) is 0.884. The van der Waals surface area contributed by atoms with E-state index in [0.717, 1.165) is 11.1 Å². The van der Waals surface area contributed by atoms with Crippen molar-refractivity contribution in [2.24, 2.45) is 5.73 Å². The smallest absolute Gasteiger partial charge is 0.241 e. The normalized spacial score (nSPS) is 11.5. The molecule has 2 aromatic carbocycles. The second kappa shape index (κ2) is 6.17. The summed E-state index contributed by atoms with van der Waals surface area (Å²) in [6.07, 6.45) is 0. The zero-order valence-electron chi connectivity index (χ0n) is 11.3. The van der Waals surface area contributed by atoms with Crippen molar-refractivity contribution in [1.29, 1.82) is 0 Å². The molecular weight excluding hydrogens is 272 g/mol. The van der Waals surface area contributed by atoms with Gasteiger partial charge >= 0.3 is 0 Å². The molecule has 0 aliphatic carbocycles. The Morgan fingerprint density at radius 2 is 1.75 bits per heavy atom. The van der Waals surface area contributed by atoms with Gasteiger partial charge in [-0.25, -0.2) is 13.1 Å². The molecule has 20 heavy (non-hydrogen) atoms. The lowest BCUT2D eigenvalue weighted by molar-refractivity contribution is 0.580. The molecule has 0 saturated heterocycles. The summed E-state index contributed by atoms with van der Waals surface area (Å²) in [5, 5.41) is 0. The molecule has 106 valence electrons. The van der Waals surface area contributed by atoms with Crippen LogP contribution in [-0.2, 0) is 23.1 Å². The Bertz CT molecular complexity index is 682. The van der Waals surface area contributed by atoms with E-state index in [9.17, 15) is 8.42 Å². The van der Waals surface area contributed by atoms with E-state index in [1.807, 2.05) is 36.4 Å². The Balaban J connectivity index is 2.22. The average molecular weight is 290 g/mol. The van der Waals surface area contributed by atoms with Crippen LogP contribution in [0, 0.1) is 6.92 Å². The predicted octanol–water partition coefficient (Wildman–Crippen LogP) is 1.93. The molecule has 0 bridgehead atoms. The van der Waals surface area contributed by atoms with Crippen LogP contribution in [-0.4, -0.2) is 8.42 Å². The number of benzene rings is 2. The molecule has 0 unspecified atom stereocenters. The fraction of sp³-hybridized carbons (Fsp3) is 0.200. The Labute approximate surface area is 119 Å². The van der Waals surface area contributed by atoms with Crippen LogP contribution in [0.1, 0.15) is 16.7 Å². The largest absolute Gasteiger partial charge is 0.326 e. The van der Waals surface area contributed by atoms with Crippen LogP contribution in [0.15, 0.2) is 53.4 Å².